The monoisotopic (exact) mass is 346 g/mol. The van der Waals surface area contributed by atoms with Crippen molar-refractivity contribution in [1.29, 1.82) is 0 Å². The van der Waals surface area contributed by atoms with Gasteiger partial charge in [-0.3, -0.25) is 0 Å². The Kier molecular flexibility index (Phi) is 4.58. The van der Waals surface area contributed by atoms with Gasteiger partial charge in [-0.25, -0.2) is 0 Å². The summed E-state index contributed by atoms with van der Waals surface area (Å²) < 4.78 is 0. The van der Waals surface area contributed by atoms with E-state index in [0.717, 1.165) is 5.92 Å². The highest BCUT2D eigenvalue weighted by Gasteiger charge is 2.76. The molecule has 0 aliphatic carbocycles. The van der Waals surface area contributed by atoms with Crippen molar-refractivity contribution in [2.75, 3.05) is 0 Å². The summed E-state index contributed by atoms with van der Waals surface area (Å²) in [6, 6.07) is 1.68. The fraction of sp³-hybridized carbons (Fsp3) is 1.00. The molecule has 0 atom stereocenters. The molecule has 5 heteroatoms. The van der Waals surface area contributed by atoms with Crippen LogP contribution in [-0.2, 0) is 0 Å². The highest BCUT2D eigenvalue weighted by atomic mass is 30.2. The van der Waals surface area contributed by atoms with Gasteiger partial charge in [-0.05, 0) is 5.92 Å². The van der Waals surface area contributed by atoms with E-state index < -0.39 is 35.5 Å². The van der Waals surface area contributed by atoms with Crippen LogP contribution in [0.3, 0.4) is 0 Å². The maximum Gasteiger partial charge on any atom is 0.0337 e. The zero-order chi connectivity index (χ0) is 15.5. The fourth-order valence-corrected chi connectivity index (χ4v) is 210. The highest BCUT2D eigenvalue weighted by Crippen LogP contribution is 2.53. The van der Waals surface area contributed by atoms with Crippen LogP contribution in [0.25, 0.3) is 0 Å². The third-order valence-electron chi connectivity index (χ3n) is 8.67. The maximum absolute atomic E-state index is 2.89. The third kappa shape index (κ3) is 2.05. The summed E-state index contributed by atoms with van der Waals surface area (Å²) in [6.45, 7) is 30.5. The molecule has 0 unspecified atom stereocenters. The molecule has 1 saturated heterocycles. The largest absolute Gasteiger partial charge is 0.0735 e. The Balaban J connectivity index is 3.38. The van der Waals surface area contributed by atoms with Gasteiger partial charge < -0.3 is 0 Å². The average molecular weight is 347 g/mol. The summed E-state index contributed by atoms with van der Waals surface area (Å²) in [5, 5.41) is 0. The molecule has 0 aromatic heterocycles. The Bertz CT molecular complexity index is 329. The first-order valence-corrected chi connectivity index (χ1v) is 27.9. The molecule has 0 amide bonds. The molecule has 0 nitrogen and oxygen atoms in total. The first-order valence-electron chi connectivity index (χ1n) is 8.17. The Morgan fingerprint density at radius 3 is 1.16 bits per heavy atom. The summed E-state index contributed by atoms with van der Waals surface area (Å²) in [6.07, 6.45) is 1.52. The maximum atomic E-state index is 2.89. The normalized spacial score (nSPS) is 29.7. The molecular weight excluding hydrogens is 309 g/mol. The van der Waals surface area contributed by atoms with Crippen molar-refractivity contribution >= 4 is 35.5 Å². The summed E-state index contributed by atoms with van der Waals surface area (Å²) in [7, 11) is -4.76. The summed E-state index contributed by atoms with van der Waals surface area (Å²) in [5.41, 5.74) is 0. The molecule has 0 aromatic carbocycles. The average Bonchev–Trinajstić information content (AvgIpc) is 2.27. The molecule has 0 N–H and O–H groups in total. The van der Waals surface area contributed by atoms with E-state index in [1.165, 1.54) is 6.42 Å². The molecule has 1 fully saturated rings. The molecule has 0 bridgehead atoms. The Morgan fingerprint density at radius 1 is 0.579 bits per heavy atom. The lowest BCUT2D eigenvalue weighted by Gasteiger charge is -2.47. The molecule has 19 heavy (non-hydrogen) atoms. The van der Waals surface area contributed by atoms with Gasteiger partial charge in [0, 0.05) is 35.5 Å². The summed E-state index contributed by atoms with van der Waals surface area (Å²) >= 11 is 0. The van der Waals surface area contributed by atoms with E-state index >= 15 is 0 Å². The molecule has 0 radical (unpaired) electrons. The first-order chi connectivity index (χ1) is 8.17. The minimum absolute atomic E-state index is 0.911. The van der Waals surface area contributed by atoms with Crippen molar-refractivity contribution < 1.29 is 0 Å². The van der Waals surface area contributed by atoms with Gasteiger partial charge in [0.25, 0.3) is 0 Å². The van der Waals surface area contributed by atoms with E-state index in [4.69, 9.17) is 0 Å². The SMILES string of the molecule is CC(C)CC[Si]1(C)[Si](C)(C)[Si](C)(C)[Si](C)(C)[Si]1(C)C. The topological polar surface area (TPSA) is 0 Å². The molecule has 0 aromatic rings. The van der Waals surface area contributed by atoms with Crippen LogP contribution < -0.4 is 0 Å². The van der Waals surface area contributed by atoms with Crippen LogP contribution in [-0.4, -0.2) is 35.5 Å². The molecule has 1 aliphatic rings. The van der Waals surface area contributed by atoms with Gasteiger partial charge in [-0.2, -0.15) is 0 Å². The van der Waals surface area contributed by atoms with Gasteiger partial charge in [-0.15, -0.1) is 0 Å². The van der Waals surface area contributed by atoms with Crippen molar-refractivity contribution in [3.8, 4) is 0 Å². The Labute approximate surface area is 126 Å². The van der Waals surface area contributed by atoms with E-state index in [-0.39, 0.29) is 0 Å². The molecular formula is C14H38Si5. The van der Waals surface area contributed by atoms with Crippen molar-refractivity contribution in [2.45, 2.75) is 85.2 Å². The van der Waals surface area contributed by atoms with Gasteiger partial charge >= 0.3 is 0 Å². The van der Waals surface area contributed by atoms with Crippen LogP contribution in [0.15, 0.2) is 0 Å². The molecule has 1 rings (SSSR count). The van der Waals surface area contributed by atoms with Gasteiger partial charge in [0.15, 0.2) is 0 Å². The van der Waals surface area contributed by atoms with Gasteiger partial charge in [0.2, 0.25) is 0 Å². The smallest absolute Gasteiger partial charge is 0.0337 e. The molecule has 1 heterocycles. The Hall–Kier alpha value is 1.08. The van der Waals surface area contributed by atoms with Crippen LogP contribution in [0, 0.1) is 5.92 Å². The van der Waals surface area contributed by atoms with Crippen molar-refractivity contribution in [1.82, 2.24) is 0 Å². The fourth-order valence-electron chi connectivity index (χ4n) is 4.93. The third-order valence-corrected chi connectivity index (χ3v) is 137. The minimum Gasteiger partial charge on any atom is -0.0735 e. The van der Waals surface area contributed by atoms with E-state index in [1.54, 1.807) is 6.04 Å². The van der Waals surface area contributed by atoms with Crippen LogP contribution in [0.1, 0.15) is 20.3 Å². The quantitative estimate of drug-likeness (QED) is 0.604. The second-order valence-electron chi connectivity index (χ2n) is 9.76. The van der Waals surface area contributed by atoms with E-state index in [0.29, 0.717) is 0 Å². The van der Waals surface area contributed by atoms with E-state index in [1.807, 2.05) is 0 Å². The Morgan fingerprint density at radius 2 is 0.895 bits per heavy atom. The standard InChI is InChI=1S/C14H38Si5/c1-14(2)12-13-19(11)17(7,8)15(3,4)16(5,6)18(19,9)10/h14H,12-13H2,1-11H3. The lowest BCUT2D eigenvalue weighted by atomic mass is 10.2. The first kappa shape index (κ1) is 18.1. The van der Waals surface area contributed by atoms with Crippen LogP contribution in [0.5, 0.6) is 0 Å². The van der Waals surface area contributed by atoms with E-state index in [2.05, 4.69) is 72.8 Å². The number of hydrogen-bond donors (Lipinski definition) is 0. The van der Waals surface area contributed by atoms with Crippen LogP contribution in [0.4, 0.5) is 0 Å². The van der Waals surface area contributed by atoms with Crippen LogP contribution in [0.2, 0.25) is 65.0 Å². The molecule has 0 spiro atoms. The van der Waals surface area contributed by atoms with E-state index in [9.17, 15) is 0 Å². The summed E-state index contributed by atoms with van der Waals surface area (Å²) in [4.78, 5) is 0. The predicted octanol–water partition coefficient (Wildman–Crippen LogP) is 5.35. The lowest BCUT2D eigenvalue weighted by molar-refractivity contribution is 0.622. The van der Waals surface area contributed by atoms with Gasteiger partial charge in [-0.1, -0.05) is 85.2 Å². The van der Waals surface area contributed by atoms with Crippen molar-refractivity contribution in [2.24, 2.45) is 5.92 Å². The molecule has 114 valence electrons. The molecule has 1 aliphatic heterocycles. The lowest BCUT2D eigenvalue weighted by Crippen LogP contribution is -2.71. The van der Waals surface area contributed by atoms with Crippen LogP contribution >= 0.6 is 0 Å². The van der Waals surface area contributed by atoms with Crippen molar-refractivity contribution in [3.05, 3.63) is 0 Å². The van der Waals surface area contributed by atoms with Gasteiger partial charge in [0.05, 0.1) is 0 Å². The zero-order valence-electron chi connectivity index (χ0n) is 15.5. The van der Waals surface area contributed by atoms with Crippen molar-refractivity contribution in [3.63, 3.8) is 0 Å². The zero-order valence-corrected chi connectivity index (χ0v) is 20.5. The second kappa shape index (κ2) is 4.79. The number of hydrogen-bond acceptors (Lipinski definition) is 0. The summed E-state index contributed by atoms with van der Waals surface area (Å²) in [5.74, 6) is 0.911. The predicted molar refractivity (Wildman–Crippen MR) is 106 cm³/mol. The minimum atomic E-state index is -0.974. The number of rotatable bonds is 3. The molecule has 0 saturated carbocycles. The second-order valence-corrected chi connectivity index (χ2v) is 70.1. The van der Waals surface area contributed by atoms with Gasteiger partial charge in [0.1, 0.15) is 0 Å². The highest BCUT2D eigenvalue weighted by molar-refractivity contribution is 8.13.